The minimum atomic E-state index is -1.21. The van der Waals surface area contributed by atoms with Gasteiger partial charge in [-0.2, -0.15) is 0 Å². The summed E-state index contributed by atoms with van der Waals surface area (Å²) in [7, 11) is 0. The van der Waals surface area contributed by atoms with E-state index in [1.165, 1.54) is 12.1 Å². The largest absolute Gasteiger partial charge is 0.479 e. The van der Waals surface area contributed by atoms with Crippen LogP contribution in [0, 0.1) is 5.82 Å². The zero-order valence-electron chi connectivity index (χ0n) is 10.9. The lowest BCUT2D eigenvalue weighted by atomic mass is 10.1. The van der Waals surface area contributed by atoms with Gasteiger partial charge in [0.1, 0.15) is 5.82 Å². The molecular formula is C15H13FN2O3. The molecule has 0 aliphatic heterocycles. The summed E-state index contributed by atoms with van der Waals surface area (Å²) < 4.78 is 13.3. The molecule has 108 valence electrons. The number of hydrogen-bond donors (Lipinski definition) is 3. The zero-order chi connectivity index (χ0) is 15.4. The molecule has 2 aromatic rings. The number of nitrogen functional groups attached to an aromatic ring is 1. The Hall–Kier alpha value is -2.89. The topological polar surface area (TPSA) is 92.4 Å². The molecule has 0 saturated carbocycles. The van der Waals surface area contributed by atoms with E-state index in [0.717, 1.165) is 6.07 Å². The summed E-state index contributed by atoms with van der Waals surface area (Å²) in [5.41, 5.74) is 5.68. The van der Waals surface area contributed by atoms with Crippen LogP contribution in [0.15, 0.2) is 48.5 Å². The van der Waals surface area contributed by atoms with E-state index in [0.29, 0.717) is 5.56 Å². The maximum absolute atomic E-state index is 13.3. The second-order valence-electron chi connectivity index (χ2n) is 4.39. The van der Waals surface area contributed by atoms with Gasteiger partial charge in [0.2, 0.25) is 0 Å². The molecule has 0 bridgehead atoms. The number of nitrogens with two attached hydrogens (primary N) is 1. The highest BCUT2D eigenvalue weighted by Gasteiger charge is 2.22. The molecule has 1 atom stereocenters. The van der Waals surface area contributed by atoms with Crippen molar-refractivity contribution in [3.05, 3.63) is 65.5 Å². The first-order valence-corrected chi connectivity index (χ1v) is 6.12. The Bertz CT molecular complexity index is 674. The van der Waals surface area contributed by atoms with Crippen molar-refractivity contribution in [3.8, 4) is 0 Å². The Kier molecular flexibility index (Phi) is 4.18. The van der Waals surface area contributed by atoms with Crippen molar-refractivity contribution in [3.63, 3.8) is 0 Å². The first kappa shape index (κ1) is 14.5. The number of hydrogen-bond acceptors (Lipinski definition) is 3. The van der Waals surface area contributed by atoms with Gasteiger partial charge < -0.3 is 16.2 Å². The van der Waals surface area contributed by atoms with Crippen molar-refractivity contribution in [2.45, 2.75) is 6.04 Å². The molecule has 6 heteroatoms. The van der Waals surface area contributed by atoms with Crippen LogP contribution in [0.1, 0.15) is 22.0 Å². The SMILES string of the molecule is Nc1ccc(C(=O)NC(C(=O)O)c2ccccc2)cc1F. The van der Waals surface area contributed by atoms with E-state index in [1.54, 1.807) is 30.3 Å². The van der Waals surface area contributed by atoms with Gasteiger partial charge >= 0.3 is 5.97 Å². The van der Waals surface area contributed by atoms with Gasteiger partial charge in [-0.05, 0) is 23.8 Å². The highest BCUT2D eigenvalue weighted by Crippen LogP contribution is 2.16. The number of carbonyl (C=O) groups is 2. The molecule has 0 saturated heterocycles. The number of amides is 1. The minimum absolute atomic E-state index is 0.00359. The first-order valence-electron chi connectivity index (χ1n) is 6.12. The third-order valence-electron chi connectivity index (χ3n) is 2.92. The van der Waals surface area contributed by atoms with Crippen LogP contribution in [0.2, 0.25) is 0 Å². The Balaban J connectivity index is 2.23. The van der Waals surface area contributed by atoms with Crippen molar-refractivity contribution in [1.29, 1.82) is 0 Å². The second-order valence-corrected chi connectivity index (χ2v) is 4.39. The molecule has 0 radical (unpaired) electrons. The molecule has 1 amide bonds. The summed E-state index contributed by atoms with van der Waals surface area (Å²) in [5.74, 6) is -2.62. The van der Waals surface area contributed by atoms with E-state index in [9.17, 15) is 19.1 Å². The molecule has 2 aromatic carbocycles. The molecule has 0 heterocycles. The van der Waals surface area contributed by atoms with Crippen LogP contribution >= 0.6 is 0 Å². The van der Waals surface area contributed by atoms with Gasteiger partial charge in [-0.15, -0.1) is 0 Å². The van der Waals surface area contributed by atoms with Crippen LogP contribution in [-0.2, 0) is 4.79 Å². The number of nitrogens with one attached hydrogen (secondary N) is 1. The summed E-state index contributed by atoms with van der Waals surface area (Å²) in [6.45, 7) is 0. The van der Waals surface area contributed by atoms with Gasteiger partial charge in [0.15, 0.2) is 6.04 Å². The van der Waals surface area contributed by atoms with E-state index in [4.69, 9.17) is 5.73 Å². The molecule has 0 aliphatic carbocycles. The number of carboxylic acids is 1. The van der Waals surface area contributed by atoms with Crippen molar-refractivity contribution < 1.29 is 19.1 Å². The number of carboxylic acid groups (broad SMARTS) is 1. The average molecular weight is 288 g/mol. The summed E-state index contributed by atoms with van der Waals surface area (Å²) in [5, 5.41) is 11.6. The van der Waals surface area contributed by atoms with Crippen LogP contribution in [0.25, 0.3) is 0 Å². The normalized spacial score (nSPS) is 11.7. The van der Waals surface area contributed by atoms with Gasteiger partial charge in [0.05, 0.1) is 5.69 Å². The van der Waals surface area contributed by atoms with Gasteiger partial charge in [-0.3, -0.25) is 4.79 Å². The zero-order valence-corrected chi connectivity index (χ0v) is 10.9. The molecule has 0 fully saturated rings. The summed E-state index contributed by atoms with van der Waals surface area (Å²) in [6, 6.07) is 10.6. The fourth-order valence-corrected chi connectivity index (χ4v) is 1.82. The monoisotopic (exact) mass is 288 g/mol. The van der Waals surface area contributed by atoms with Gasteiger partial charge in [-0.25, -0.2) is 9.18 Å². The van der Waals surface area contributed by atoms with Crippen LogP contribution in [0.4, 0.5) is 10.1 Å². The average Bonchev–Trinajstić information content (AvgIpc) is 2.48. The third-order valence-corrected chi connectivity index (χ3v) is 2.92. The summed E-state index contributed by atoms with van der Waals surface area (Å²) >= 11 is 0. The lowest BCUT2D eigenvalue weighted by molar-refractivity contribution is -0.139. The molecule has 4 N–H and O–H groups in total. The Morgan fingerprint density at radius 1 is 1.14 bits per heavy atom. The molecule has 5 nitrogen and oxygen atoms in total. The maximum Gasteiger partial charge on any atom is 0.330 e. The van der Waals surface area contributed by atoms with Crippen LogP contribution in [-0.4, -0.2) is 17.0 Å². The maximum atomic E-state index is 13.3. The van der Waals surface area contributed by atoms with E-state index in [1.807, 2.05) is 0 Å². The molecule has 1 unspecified atom stereocenters. The van der Waals surface area contributed by atoms with E-state index in [2.05, 4.69) is 5.32 Å². The lowest BCUT2D eigenvalue weighted by Gasteiger charge is -2.15. The van der Waals surface area contributed by atoms with Gasteiger partial charge in [-0.1, -0.05) is 30.3 Å². The van der Waals surface area contributed by atoms with Gasteiger partial charge in [0.25, 0.3) is 5.91 Å². The lowest BCUT2D eigenvalue weighted by Crippen LogP contribution is -2.33. The number of anilines is 1. The Morgan fingerprint density at radius 2 is 1.81 bits per heavy atom. The van der Waals surface area contributed by atoms with Crippen molar-refractivity contribution in [2.24, 2.45) is 0 Å². The first-order chi connectivity index (χ1) is 9.99. The summed E-state index contributed by atoms with van der Waals surface area (Å²) in [4.78, 5) is 23.3. The highest BCUT2D eigenvalue weighted by molar-refractivity contribution is 5.97. The fourth-order valence-electron chi connectivity index (χ4n) is 1.82. The molecular weight excluding hydrogens is 275 g/mol. The number of carbonyl (C=O) groups excluding carboxylic acids is 1. The van der Waals surface area contributed by atoms with Crippen molar-refractivity contribution >= 4 is 17.6 Å². The molecule has 0 aromatic heterocycles. The smallest absolute Gasteiger partial charge is 0.330 e. The van der Waals surface area contributed by atoms with E-state index in [-0.39, 0.29) is 11.3 Å². The van der Waals surface area contributed by atoms with E-state index >= 15 is 0 Å². The van der Waals surface area contributed by atoms with E-state index < -0.39 is 23.7 Å². The Labute approximate surface area is 120 Å². The number of halogens is 1. The molecule has 0 aliphatic rings. The minimum Gasteiger partial charge on any atom is -0.479 e. The predicted octanol–water partition coefficient (Wildman–Crippen LogP) is 1.96. The number of rotatable bonds is 4. The van der Waals surface area contributed by atoms with Crippen LogP contribution in [0.5, 0.6) is 0 Å². The summed E-state index contributed by atoms with van der Waals surface area (Å²) in [6.07, 6.45) is 0. The molecule has 0 spiro atoms. The Morgan fingerprint density at radius 3 is 2.38 bits per heavy atom. The number of aliphatic carboxylic acids is 1. The van der Waals surface area contributed by atoms with Crippen molar-refractivity contribution in [2.75, 3.05) is 5.73 Å². The quantitative estimate of drug-likeness (QED) is 0.750. The molecule has 21 heavy (non-hydrogen) atoms. The fraction of sp³-hybridized carbons (Fsp3) is 0.0667. The third kappa shape index (κ3) is 3.36. The van der Waals surface area contributed by atoms with Crippen molar-refractivity contribution in [1.82, 2.24) is 5.32 Å². The van der Waals surface area contributed by atoms with Gasteiger partial charge in [0, 0.05) is 5.56 Å². The highest BCUT2D eigenvalue weighted by atomic mass is 19.1. The molecule has 2 rings (SSSR count). The standard InChI is InChI=1S/C15H13FN2O3/c16-11-8-10(6-7-12(11)17)14(19)18-13(15(20)21)9-4-2-1-3-5-9/h1-8,13H,17H2,(H,18,19)(H,20,21). The van der Waals surface area contributed by atoms with Crippen LogP contribution in [0.3, 0.4) is 0 Å². The van der Waals surface area contributed by atoms with Crippen LogP contribution < -0.4 is 11.1 Å². The number of benzene rings is 2. The predicted molar refractivity (Wildman–Crippen MR) is 75.1 cm³/mol. The second kappa shape index (κ2) is 6.04.